The van der Waals surface area contributed by atoms with Crippen LogP contribution in [0.25, 0.3) is 10.9 Å². The monoisotopic (exact) mass is 492 g/mol. The third-order valence-electron chi connectivity index (χ3n) is 4.81. The summed E-state index contributed by atoms with van der Waals surface area (Å²) in [6.45, 7) is 5.67. The summed E-state index contributed by atoms with van der Waals surface area (Å²) in [5.41, 5.74) is 2.41. The number of carbonyl (C=O) groups is 1. The number of fused-ring (bicyclic) bond motifs is 1. The molecule has 30 heavy (non-hydrogen) atoms. The van der Waals surface area contributed by atoms with Gasteiger partial charge in [-0.25, -0.2) is 0 Å². The highest BCUT2D eigenvalue weighted by atomic mass is 79.9. The maximum atomic E-state index is 11.8. The first-order chi connectivity index (χ1) is 14.2. The van der Waals surface area contributed by atoms with Gasteiger partial charge in [0.05, 0.1) is 18.5 Å². The zero-order valence-electron chi connectivity index (χ0n) is 17.0. The highest BCUT2D eigenvalue weighted by Gasteiger charge is 2.23. The average molecular weight is 493 g/mol. The van der Waals surface area contributed by atoms with Gasteiger partial charge in [-0.15, -0.1) is 0 Å². The Morgan fingerprint density at radius 1 is 1.23 bits per heavy atom. The largest absolute Gasteiger partial charge is 0.771 e. The van der Waals surface area contributed by atoms with Gasteiger partial charge in [-0.2, -0.15) is 0 Å². The standard InChI is InChI=1S/C22H24BrNO5S/c1-4-28-21(25)13-16-7-5-6-8-20(16)29-14-15-11-18(23)17-9-10-24(19(17)12-15)22(2,3)30(26)27/h5-12H,4,13-14H2,1-3H3,(H,26,27)/p-1. The SMILES string of the molecule is CCOC(=O)Cc1ccccc1OCc1cc(Br)c2ccn(C(C)(C)S(=O)[O-])c2c1. The quantitative estimate of drug-likeness (QED) is 0.337. The van der Waals surface area contributed by atoms with Crippen LogP contribution < -0.4 is 4.74 Å². The van der Waals surface area contributed by atoms with Crippen molar-refractivity contribution in [2.24, 2.45) is 0 Å². The second kappa shape index (κ2) is 9.32. The van der Waals surface area contributed by atoms with Crippen LogP contribution in [0.5, 0.6) is 5.75 Å². The van der Waals surface area contributed by atoms with Gasteiger partial charge in [-0.1, -0.05) is 34.1 Å². The number of benzene rings is 2. The van der Waals surface area contributed by atoms with Crippen LogP contribution >= 0.6 is 15.9 Å². The Bertz CT molecular complexity index is 1090. The molecule has 8 heteroatoms. The fourth-order valence-corrected chi connectivity index (χ4v) is 4.15. The molecule has 0 N–H and O–H groups in total. The molecule has 0 fully saturated rings. The minimum absolute atomic E-state index is 0.138. The lowest BCUT2D eigenvalue weighted by atomic mass is 10.1. The highest BCUT2D eigenvalue weighted by molar-refractivity contribution is 9.10. The third-order valence-corrected chi connectivity index (χ3v) is 6.48. The van der Waals surface area contributed by atoms with E-state index in [0.29, 0.717) is 12.4 Å². The fraction of sp³-hybridized carbons (Fsp3) is 0.318. The molecule has 160 valence electrons. The maximum Gasteiger partial charge on any atom is 0.310 e. The highest BCUT2D eigenvalue weighted by Crippen LogP contribution is 2.32. The topological polar surface area (TPSA) is 80.6 Å². The van der Waals surface area contributed by atoms with Gasteiger partial charge in [0.2, 0.25) is 0 Å². The molecule has 0 aliphatic heterocycles. The van der Waals surface area contributed by atoms with Crippen molar-refractivity contribution in [3.63, 3.8) is 0 Å². The maximum absolute atomic E-state index is 11.8. The van der Waals surface area contributed by atoms with Crippen molar-refractivity contribution < 1.29 is 23.0 Å². The number of halogens is 1. The van der Waals surface area contributed by atoms with Crippen LogP contribution in [-0.4, -0.2) is 25.9 Å². The predicted octanol–water partition coefficient (Wildman–Crippen LogP) is 4.66. The Kier molecular flexibility index (Phi) is 7.00. The minimum atomic E-state index is -2.30. The van der Waals surface area contributed by atoms with Gasteiger partial charge in [0.25, 0.3) is 0 Å². The van der Waals surface area contributed by atoms with Crippen LogP contribution in [0.1, 0.15) is 31.9 Å². The van der Waals surface area contributed by atoms with Crippen LogP contribution in [0.2, 0.25) is 0 Å². The van der Waals surface area contributed by atoms with Crippen molar-refractivity contribution in [1.29, 1.82) is 0 Å². The van der Waals surface area contributed by atoms with Gasteiger partial charge in [-0.3, -0.25) is 9.00 Å². The number of hydrogen-bond acceptors (Lipinski definition) is 5. The lowest BCUT2D eigenvalue weighted by Crippen LogP contribution is -2.30. The normalized spacial score (nSPS) is 12.7. The van der Waals surface area contributed by atoms with E-state index >= 15 is 0 Å². The van der Waals surface area contributed by atoms with Crippen molar-refractivity contribution in [3.05, 3.63) is 64.3 Å². The Hall–Kier alpha value is -2.16. The smallest absolute Gasteiger partial charge is 0.310 e. The molecule has 1 unspecified atom stereocenters. The summed E-state index contributed by atoms with van der Waals surface area (Å²) >= 11 is 1.28. The van der Waals surface area contributed by atoms with Crippen LogP contribution in [0.15, 0.2) is 53.1 Å². The van der Waals surface area contributed by atoms with Gasteiger partial charge in [-0.05, 0) is 61.7 Å². The second-order valence-corrected chi connectivity index (χ2v) is 9.58. The van der Waals surface area contributed by atoms with Crippen molar-refractivity contribution >= 4 is 43.9 Å². The molecule has 0 amide bonds. The molecule has 3 aromatic rings. The molecule has 0 radical (unpaired) electrons. The molecule has 0 bridgehead atoms. The number of esters is 1. The number of ether oxygens (including phenoxy) is 2. The average Bonchev–Trinajstić information content (AvgIpc) is 3.12. The van der Waals surface area contributed by atoms with E-state index in [4.69, 9.17) is 9.47 Å². The van der Waals surface area contributed by atoms with Crippen molar-refractivity contribution in [1.82, 2.24) is 4.57 Å². The fourth-order valence-electron chi connectivity index (χ4n) is 3.20. The summed E-state index contributed by atoms with van der Waals surface area (Å²) < 4.78 is 37.0. The van der Waals surface area contributed by atoms with E-state index in [1.54, 1.807) is 31.5 Å². The Morgan fingerprint density at radius 3 is 2.67 bits per heavy atom. The van der Waals surface area contributed by atoms with Crippen molar-refractivity contribution in [3.8, 4) is 5.75 Å². The number of nitrogens with zero attached hydrogens (tertiary/aromatic N) is 1. The molecule has 1 aromatic heterocycles. The Morgan fingerprint density at radius 2 is 1.97 bits per heavy atom. The molecule has 6 nitrogen and oxygen atoms in total. The summed E-state index contributed by atoms with van der Waals surface area (Å²) in [4.78, 5) is 10.8. The Labute approximate surface area is 186 Å². The number of carbonyl (C=O) groups excluding carboxylic acids is 1. The number of para-hydroxylation sites is 1. The van der Waals surface area contributed by atoms with Gasteiger partial charge >= 0.3 is 5.97 Å². The van der Waals surface area contributed by atoms with Gasteiger partial charge < -0.3 is 18.6 Å². The minimum Gasteiger partial charge on any atom is -0.771 e. The van der Waals surface area contributed by atoms with Crippen LogP contribution in [-0.2, 0) is 38.5 Å². The predicted molar refractivity (Wildman–Crippen MR) is 119 cm³/mol. The van der Waals surface area contributed by atoms with Gasteiger partial charge in [0.15, 0.2) is 0 Å². The van der Waals surface area contributed by atoms with Crippen LogP contribution in [0.3, 0.4) is 0 Å². The van der Waals surface area contributed by atoms with Crippen LogP contribution in [0.4, 0.5) is 0 Å². The molecule has 0 aliphatic carbocycles. The molecule has 0 aliphatic rings. The van der Waals surface area contributed by atoms with E-state index in [2.05, 4.69) is 15.9 Å². The third kappa shape index (κ3) is 4.77. The molecule has 2 aromatic carbocycles. The molecule has 1 heterocycles. The van der Waals surface area contributed by atoms with Crippen molar-refractivity contribution in [2.45, 2.75) is 38.7 Å². The molecule has 0 saturated heterocycles. The molecular weight excluding hydrogens is 470 g/mol. The molecular formula is C22H23BrNO5S-. The molecule has 0 saturated carbocycles. The number of hydrogen-bond donors (Lipinski definition) is 0. The van der Waals surface area contributed by atoms with Crippen molar-refractivity contribution in [2.75, 3.05) is 6.61 Å². The number of aromatic nitrogens is 1. The lowest BCUT2D eigenvalue weighted by Gasteiger charge is -2.30. The summed E-state index contributed by atoms with van der Waals surface area (Å²) in [5.74, 6) is 0.307. The second-order valence-electron chi connectivity index (χ2n) is 7.26. The van der Waals surface area contributed by atoms with Gasteiger partial charge in [0, 0.05) is 21.6 Å². The summed E-state index contributed by atoms with van der Waals surface area (Å²) in [7, 11) is 0. The van der Waals surface area contributed by atoms with E-state index in [9.17, 15) is 13.6 Å². The molecule has 3 rings (SSSR count). The number of rotatable bonds is 8. The van der Waals surface area contributed by atoms with E-state index in [1.165, 1.54) is 0 Å². The first kappa shape index (κ1) is 22.5. The summed E-state index contributed by atoms with van der Waals surface area (Å²) in [6, 6.07) is 13.1. The zero-order chi connectivity index (χ0) is 21.9. The first-order valence-electron chi connectivity index (χ1n) is 9.49. The Balaban J connectivity index is 1.87. The lowest BCUT2D eigenvalue weighted by molar-refractivity contribution is -0.142. The van der Waals surface area contributed by atoms with Gasteiger partial charge in [0.1, 0.15) is 17.2 Å². The molecule has 1 atom stereocenters. The van der Waals surface area contributed by atoms with E-state index in [-0.39, 0.29) is 19.0 Å². The zero-order valence-corrected chi connectivity index (χ0v) is 19.4. The van der Waals surface area contributed by atoms with E-state index in [1.807, 2.05) is 42.5 Å². The summed E-state index contributed by atoms with van der Waals surface area (Å²) in [6.07, 6.45) is 1.91. The van der Waals surface area contributed by atoms with E-state index in [0.717, 1.165) is 26.5 Å². The first-order valence-corrected chi connectivity index (χ1v) is 11.4. The summed E-state index contributed by atoms with van der Waals surface area (Å²) in [5, 5.41) is 0.917. The van der Waals surface area contributed by atoms with E-state index < -0.39 is 16.0 Å². The van der Waals surface area contributed by atoms with Crippen LogP contribution in [0, 0.1) is 0 Å². The molecule has 0 spiro atoms.